The first-order chi connectivity index (χ1) is 10.7. The number of hydrazone groups is 1. The summed E-state index contributed by atoms with van der Waals surface area (Å²) >= 11 is 6.04. The quantitative estimate of drug-likeness (QED) is 0.569. The van der Waals surface area contributed by atoms with Crippen molar-refractivity contribution in [2.45, 2.75) is 6.92 Å². The molecule has 0 fully saturated rings. The molecular weight excluding hydrogens is 300 g/mol. The van der Waals surface area contributed by atoms with E-state index in [0.717, 1.165) is 10.8 Å². The topological polar surface area (TPSA) is 70.4 Å². The Bertz CT molecular complexity index is 864. The van der Waals surface area contributed by atoms with E-state index in [0.29, 0.717) is 22.2 Å². The number of nitrogens with one attached hydrogen (secondary N) is 1. The van der Waals surface area contributed by atoms with Crippen molar-refractivity contribution in [2.75, 3.05) is 5.43 Å². The van der Waals surface area contributed by atoms with Crippen molar-refractivity contribution in [3.63, 3.8) is 0 Å². The summed E-state index contributed by atoms with van der Waals surface area (Å²) in [5, 5.41) is 24.0. The maximum atomic E-state index is 9.83. The van der Waals surface area contributed by atoms with Gasteiger partial charge in [-0.25, -0.2) is 0 Å². The largest absolute Gasteiger partial charge is 0.507 e. The van der Waals surface area contributed by atoms with Crippen LogP contribution in [-0.2, 0) is 0 Å². The van der Waals surface area contributed by atoms with Crippen LogP contribution in [0.1, 0.15) is 12.5 Å². The molecule has 0 atom stereocenters. The zero-order valence-electron chi connectivity index (χ0n) is 11.8. The van der Waals surface area contributed by atoms with Crippen LogP contribution in [0.5, 0.6) is 5.75 Å². The van der Waals surface area contributed by atoms with Crippen molar-refractivity contribution < 1.29 is 5.11 Å². The van der Waals surface area contributed by atoms with Crippen LogP contribution < -0.4 is 5.43 Å². The number of hydrogen-bond acceptors (Lipinski definition) is 5. The number of hydrogen-bond donors (Lipinski definition) is 2. The molecule has 3 rings (SSSR count). The fraction of sp³-hybridized carbons (Fsp3) is 0.0625. The van der Waals surface area contributed by atoms with E-state index in [1.165, 1.54) is 0 Å². The molecule has 0 spiro atoms. The highest BCUT2D eigenvalue weighted by atomic mass is 35.5. The Hall–Kier alpha value is -2.66. The lowest BCUT2D eigenvalue weighted by Crippen LogP contribution is -2.02. The molecule has 2 N–H and O–H groups in total. The lowest BCUT2D eigenvalue weighted by atomic mass is 10.1. The Labute approximate surface area is 132 Å². The molecule has 1 aromatic heterocycles. The zero-order valence-corrected chi connectivity index (χ0v) is 12.5. The van der Waals surface area contributed by atoms with Crippen LogP contribution in [0.15, 0.2) is 53.6 Å². The summed E-state index contributed by atoms with van der Waals surface area (Å²) in [6.45, 7) is 1.80. The van der Waals surface area contributed by atoms with Crippen molar-refractivity contribution in [1.29, 1.82) is 0 Å². The second-order valence-corrected chi connectivity index (χ2v) is 5.07. The van der Waals surface area contributed by atoms with Crippen molar-refractivity contribution in [3.8, 4) is 5.75 Å². The van der Waals surface area contributed by atoms with Gasteiger partial charge in [0.2, 0.25) is 0 Å². The maximum Gasteiger partial charge on any atom is 0.176 e. The minimum Gasteiger partial charge on any atom is -0.507 e. The van der Waals surface area contributed by atoms with E-state index < -0.39 is 0 Å². The van der Waals surface area contributed by atoms with E-state index in [9.17, 15) is 5.11 Å². The number of rotatable bonds is 3. The molecule has 0 saturated heterocycles. The van der Waals surface area contributed by atoms with E-state index >= 15 is 0 Å². The van der Waals surface area contributed by atoms with Crippen LogP contribution >= 0.6 is 11.6 Å². The van der Waals surface area contributed by atoms with Gasteiger partial charge in [-0.05, 0) is 19.1 Å². The Balaban J connectivity index is 1.96. The highest BCUT2D eigenvalue weighted by molar-refractivity contribution is 6.34. The van der Waals surface area contributed by atoms with Gasteiger partial charge in [0.05, 0.1) is 5.71 Å². The number of aromatic nitrogens is 2. The van der Waals surface area contributed by atoms with Gasteiger partial charge in [0.15, 0.2) is 11.0 Å². The minimum absolute atomic E-state index is 0.178. The molecule has 5 nitrogen and oxygen atoms in total. The highest BCUT2D eigenvalue weighted by Gasteiger charge is 2.07. The van der Waals surface area contributed by atoms with Crippen molar-refractivity contribution in [1.82, 2.24) is 10.2 Å². The molecule has 6 heteroatoms. The predicted molar refractivity (Wildman–Crippen MR) is 88.5 cm³/mol. The summed E-state index contributed by atoms with van der Waals surface area (Å²) in [4.78, 5) is 0. The van der Waals surface area contributed by atoms with Crippen molar-refractivity contribution in [3.05, 3.63) is 59.2 Å². The Morgan fingerprint density at radius 1 is 1.05 bits per heavy atom. The van der Waals surface area contributed by atoms with Gasteiger partial charge in [-0.3, -0.25) is 5.43 Å². The molecule has 0 aliphatic carbocycles. The van der Waals surface area contributed by atoms with Gasteiger partial charge >= 0.3 is 0 Å². The number of anilines is 1. The fourth-order valence-corrected chi connectivity index (χ4v) is 2.33. The second-order valence-electron chi connectivity index (χ2n) is 4.71. The third kappa shape index (κ3) is 2.71. The minimum atomic E-state index is 0.178. The number of para-hydroxylation sites is 1. The van der Waals surface area contributed by atoms with Crippen LogP contribution in [0, 0.1) is 0 Å². The van der Waals surface area contributed by atoms with Crippen LogP contribution in [0.4, 0.5) is 5.82 Å². The summed E-state index contributed by atoms with van der Waals surface area (Å²) in [6.07, 6.45) is 0. The Kier molecular flexibility index (Phi) is 3.89. The number of benzene rings is 2. The monoisotopic (exact) mass is 312 g/mol. The number of aromatic hydroxyl groups is 1. The van der Waals surface area contributed by atoms with Crippen LogP contribution in [0.3, 0.4) is 0 Å². The van der Waals surface area contributed by atoms with E-state index in [4.69, 9.17) is 11.6 Å². The first-order valence-electron chi connectivity index (χ1n) is 6.66. The molecule has 0 radical (unpaired) electrons. The first-order valence-corrected chi connectivity index (χ1v) is 7.04. The number of halogens is 1. The van der Waals surface area contributed by atoms with Gasteiger partial charge in [-0.1, -0.05) is 48.0 Å². The lowest BCUT2D eigenvalue weighted by Gasteiger charge is -2.07. The SMILES string of the molecule is CC(=NNc1nnc(Cl)c2ccccc12)c1ccccc1O. The average Bonchev–Trinajstić information content (AvgIpc) is 2.55. The summed E-state index contributed by atoms with van der Waals surface area (Å²) in [5.74, 6) is 0.687. The van der Waals surface area contributed by atoms with Crippen molar-refractivity contribution in [2.24, 2.45) is 5.10 Å². The summed E-state index contributed by atoms with van der Waals surface area (Å²) in [5.41, 5.74) is 4.18. The molecule has 110 valence electrons. The Morgan fingerprint density at radius 3 is 2.50 bits per heavy atom. The smallest absolute Gasteiger partial charge is 0.176 e. The number of nitrogens with zero attached hydrogens (tertiary/aromatic N) is 3. The van der Waals surface area contributed by atoms with E-state index in [1.807, 2.05) is 30.3 Å². The normalized spacial score (nSPS) is 11.6. The zero-order chi connectivity index (χ0) is 15.5. The molecular formula is C16H13ClN4O. The molecule has 0 saturated carbocycles. The molecule has 3 aromatic rings. The van der Waals surface area contributed by atoms with Crippen LogP contribution in [-0.4, -0.2) is 21.0 Å². The van der Waals surface area contributed by atoms with E-state index in [2.05, 4.69) is 20.7 Å². The van der Waals surface area contributed by atoms with Gasteiger partial charge in [-0.15, -0.1) is 10.2 Å². The molecule has 0 amide bonds. The maximum absolute atomic E-state index is 9.83. The van der Waals surface area contributed by atoms with Crippen LogP contribution in [0.2, 0.25) is 5.15 Å². The highest BCUT2D eigenvalue weighted by Crippen LogP contribution is 2.25. The third-order valence-corrected chi connectivity index (χ3v) is 3.54. The molecule has 0 bridgehead atoms. The molecule has 0 aliphatic heterocycles. The van der Waals surface area contributed by atoms with Gasteiger partial charge in [0.1, 0.15) is 5.75 Å². The van der Waals surface area contributed by atoms with Gasteiger partial charge in [-0.2, -0.15) is 5.10 Å². The molecule has 2 aromatic carbocycles. The molecule has 0 unspecified atom stereocenters. The van der Waals surface area contributed by atoms with Crippen molar-refractivity contribution >= 4 is 33.9 Å². The van der Waals surface area contributed by atoms with Gasteiger partial charge in [0, 0.05) is 16.3 Å². The summed E-state index contributed by atoms with van der Waals surface area (Å²) in [6, 6.07) is 14.6. The first kappa shape index (κ1) is 14.3. The summed E-state index contributed by atoms with van der Waals surface area (Å²) in [7, 11) is 0. The van der Waals surface area contributed by atoms with E-state index in [-0.39, 0.29) is 5.75 Å². The lowest BCUT2D eigenvalue weighted by molar-refractivity contribution is 0.474. The molecule has 22 heavy (non-hydrogen) atoms. The number of phenolic OH excluding ortho intramolecular Hbond substituents is 1. The fourth-order valence-electron chi connectivity index (χ4n) is 2.13. The molecule has 0 aliphatic rings. The number of fused-ring (bicyclic) bond motifs is 1. The molecule has 1 heterocycles. The van der Waals surface area contributed by atoms with Gasteiger partial charge < -0.3 is 5.11 Å². The van der Waals surface area contributed by atoms with Crippen LogP contribution in [0.25, 0.3) is 10.8 Å². The average molecular weight is 313 g/mol. The summed E-state index contributed by atoms with van der Waals surface area (Å²) < 4.78 is 0. The van der Waals surface area contributed by atoms with Gasteiger partial charge in [0.25, 0.3) is 0 Å². The predicted octanol–water partition coefficient (Wildman–Crippen LogP) is 3.82. The van der Waals surface area contributed by atoms with E-state index in [1.54, 1.807) is 25.1 Å². The second kappa shape index (κ2) is 5.99. The Morgan fingerprint density at radius 2 is 1.73 bits per heavy atom. The number of phenols is 1. The third-order valence-electron chi connectivity index (χ3n) is 3.27. The standard InChI is InChI=1S/C16H13ClN4O/c1-10(11-6-4-5-9-14(11)22)18-20-16-13-8-3-2-7-12(13)15(17)19-21-16/h2-9,22H,1H3,(H,20,21).